The minimum absolute atomic E-state index is 0.0263. The van der Waals surface area contributed by atoms with E-state index in [0.717, 1.165) is 43.7 Å². The maximum absolute atomic E-state index is 5.23. The fourth-order valence-corrected chi connectivity index (χ4v) is 4.57. The van der Waals surface area contributed by atoms with E-state index in [2.05, 4.69) is 36.4 Å². The summed E-state index contributed by atoms with van der Waals surface area (Å²) in [5.41, 5.74) is 1.00. The summed E-state index contributed by atoms with van der Waals surface area (Å²) in [5, 5.41) is 12.5. The molecular weight excluding hydrogens is 354 g/mol. The molecule has 3 heterocycles. The highest BCUT2D eigenvalue weighted by Gasteiger charge is 2.33. The van der Waals surface area contributed by atoms with Gasteiger partial charge in [-0.05, 0) is 35.4 Å². The van der Waals surface area contributed by atoms with Gasteiger partial charge < -0.3 is 4.74 Å². The molecule has 0 radical (unpaired) electrons. The normalized spacial score (nSPS) is 21.0. The monoisotopic (exact) mass is 385 g/mol. The predicted octanol–water partition coefficient (Wildman–Crippen LogP) is 1.75. The van der Waals surface area contributed by atoms with E-state index in [1.165, 1.54) is 32.1 Å². The second-order valence-electron chi connectivity index (χ2n) is 7.77. The van der Waals surface area contributed by atoms with Crippen LogP contribution in [0.25, 0.3) is 0 Å². The van der Waals surface area contributed by atoms with Crippen molar-refractivity contribution in [2.75, 3.05) is 39.9 Å². The van der Waals surface area contributed by atoms with Crippen molar-refractivity contribution in [1.29, 1.82) is 0 Å². The van der Waals surface area contributed by atoms with Gasteiger partial charge in [-0.2, -0.15) is 0 Å². The molecule has 1 saturated carbocycles. The lowest BCUT2D eigenvalue weighted by Gasteiger charge is -2.42. The number of hydrogen-bond acceptors (Lipinski definition) is 7. The highest BCUT2D eigenvalue weighted by Crippen LogP contribution is 2.29. The molecule has 2 aromatic rings. The van der Waals surface area contributed by atoms with Crippen LogP contribution in [-0.2, 0) is 11.3 Å². The first-order valence-corrected chi connectivity index (χ1v) is 10.5. The largest absolute Gasteiger partial charge is 0.383 e. The van der Waals surface area contributed by atoms with Gasteiger partial charge in [0.1, 0.15) is 6.04 Å². The van der Waals surface area contributed by atoms with Crippen molar-refractivity contribution in [2.24, 2.45) is 0 Å². The Morgan fingerprint density at radius 2 is 1.93 bits per heavy atom. The van der Waals surface area contributed by atoms with Crippen molar-refractivity contribution in [3.63, 3.8) is 0 Å². The third kappa shape index (κ3) is 4.39. The highest BCUT2D eigenvalue weighted by atomic mass is 16.5. The average molecular weight is 386 g/mol. The molecule has 4 rings (SSSR count). The van der Waals surface area contributed by atoms with Gasteiger partial charge in [0.15, 0.2) is 5.82 Å². The molecule has 2 fully saturated rings. The molecule has 0 unspecified atom stereocenters. The third-order valence-corrected chi connectivity index (χ3v) is 6.08. The van der Waals surface area contributed by atoms with Crippen LogP contribution in [0.5, 0.6) is 0 Å². The molecule has 1 aliphatic heterocycles. The second-order valence-corrected chi connectivity index (χ2v) is 7.77. The summed E-state index contributed by atoms with van der Waals surface area (Å²) in [6.07, 6.45) is 8.75. The fourth-order valence-electron chi connectivity index (χ4n) is 4.57. The maximum Gasteiger partial charge on any atom is 0.174 e. The maximum atomic E-state index is 5.23. The first-order chi connectivity index (χ1) is 13.9. The summed E-state index contributed by atoms with van der Waals surface area (Å²) >= 11 is 0. The van der Waals surface area contributed by atoms with E-state index in [0.29, 0.717) is 13.2 Å². The summed E-state index contributed by atoms with van der Waals surface area (Å²) < 4.78 is 7.09. The quantitative estimate of drug-likeness (QED) is 0.719. The number of tetrazole rings is 1. The number of nitrogens with zero attached hydrogens (tertiary/aromatic N) is 7. The van der Waals surface area contributed by atoms with Crippen molar-refractivity contribution < 1.29 is 4.74 Å². The Balaban J connectivity index is 1.51. The van der Waals surface area contributed by atoms with Gasteiger partial charge in [-0.25, -0.2) is 4.68 Å². The molecule has 0 amide bonds. The summed E-state index contributed by atoms with van der Waals surface area (Å²) in [7, 11) is 1.70. The third-order valence-electron chi connectivity index (χ3n) is 6.08. The van der Waals surface area contributed by atoms with E-state index < -0.39 is 0 Å². The second kappa shape index (κ2) is 9.54. The van der Waals surface area contributed by atoms with Crippen LogP contribution in [0.4, 0.5) is 0 Å². The van der Waals surface area contributed by atoms with Gasteiger partial charge in [-0.15, -0.1) is 5.10 Å². The van der Waals surface area contributed by atoms with Crippen LogP contribution < -0.4 is 0 Å². The van der Waals surface area contributed by atoms with E-state index in [4.69, 9.17) is 4.74 Å². The van der Waals surface area contributed by atoms with E-state index in [9.17, 15) is 0 Å². The summed E-state index contributed by atoms with van der Waals surface area (Å²) in [4.78, 5) is 9.82. The summed E-state index contributed by atoms with van der Waals surface area (Å²) in [6.45, 7) is 5.46. The van der Waals surface area contributed by atoms with Crippen LogP contribution in [0, 0.1) is 0 Å². The van der Waals surface area contributed by atoms with Crippen LogP contribution in [0.3, 0.4) is 0 Å². The summed E-state index contributed by atoms with van der Waals surface area (Å²) in [5.74, 6) is 0.849. The predicted molar refractivity (Wildman–Crippen MR) is 106 cm³/mol. The topological polar surface area (TPSA) is 72.2 Å². The molecule has 2 aliphatic rings. The van der Waals surface area contributed by atoms with Gasteiger partial charge in [0.2, 0.25) is 0 Å². The molecule has 1 saturated heterocycles. The van der Waals surface area contributed by atoms with Crippen molar-refractivity contribution in [2.45, 2.75) is 50.7 Å². The van der Waals surface area contributed by atoms with E-state index in [-0.39, 0.29) is 6.04 Å². The highest BCUT2D eigenvalue weighted by molar-refractivity contribution is 5.17. The molecule has 8 heteroatoms. The van der Waals surface area contributed by atoms with E-state index >= 15 is 0 Å². The first kappa shape index (κ1) is 19.4. The Labute approximate surface area is 166 Å². The molecule has 1 aliphatic carbocycles. The molecule has 2 aromatic heterocycles. The molecule has 0 bridgehead atoms. The molecular formula is C20H31N7O. The Kier molecular flexibility index (Phi) is 6.61. The lowest BCUT2D eigenvalue weighted by Crippen LogP contribution is -2.52. The van der Waals surface area contributed by atoms with Crippen molar-refractivity contribution in [3.05, 3.63) is 35.9 Å². The number of ether oxygens (including phenoxy) is 1. The van der Waals surface area contributed by atoms with Crippen LogP contribution in [-0.4, -0.2) is 80.9 Å². The van der Waals surface area contributed by atoms with Gasteiger partial charge in [-0.3, -0.25) is 14.8 Å². The molecule has 152 valence electrons. The average Bonchev–Trinajstić information content (AvgIpc) is 3.22. The molecule has 28 heavy (non-hydrogen) atoms. The zero-order chi connectivity index (χ0) is 19.2. The van der Waals surface area contributed by atoms with Crippen molar-refractivity contribution in [3.8, 4) is 0 Å². The minimum atomic E-state index is -0.0263. The molecule has 1 atom stereocenters. The van der Waals surface area contributed by atoms with Crippen LogP contribution >= 0.6 is 0 Å². The van der Waals surface area contributed by atoms with Gasteiger partial charge in [0.05, 0.1) is 18.8 Å². The smallest absolute Gasteiger partial charge is 0.174 e. The van der Waals surface area contributed by atoms with Gasteiger partial charge in [0.25, 0.3) is 0 Å². The zero-order valence-electron chi connectivity index (χ0n) is 16.8. The summed E-state index contributed by atoms with van der Waals surface area (Å²) in [6, 6.07) is 6.82. The lowest BCUT2D eigenvalue weighted by molar-refractivity contribution is 0.0606. The molecule has 0 aromatic carbocycles. The lowest BCUT2D eigenvalue weighted by atomic mass is 9.93. The van der Waals surface area contributed by atoms with Crippen molar-refractivity contribution in [1.82, 2.24) is 35.0 Å². The molecule has 0 N–H and O–H groups in total. The zero-order valence-corrected chi connectivity index (χ0v) is 16.8. The Morgan fingerprint density at radius 1 is 1.11 bits per heavy atom. The van der Waals surface area contributed by atoms with Gasteiger partial charge >= 0.3 is 0 Å². The minimum Gasteiger partial charge on any atom is -0.383 e. The standard InChI is InChI=1S/C20H31N7O/c1-28-16-15-27-20(22-23-24-27)19(18-9-5-6-10-21-18)26-13-11-25(12-14-26)17-7-3-2-4-8-17/h5-6,9-10,17,19H,2-4,7-8,11-16H2,1H3/t19-/m1/s1. The van der Waals surface area contributed by atoms with Crippen LogP contribution in [0.2, 0.25) is 0 Å². The number of piperazine rings is 1. The number of aromatic nitrogens is 5. The Bertz CT molecular complexity index is 708. The number of pyridine rings is 1. The number of rotatable bonds is 7. The number of methoxy groups -OCH3 is 1. The SMILES string of the molecule is COCCn1nnnc1[C@@H](c1ccccn1)N1CCN(C2CCCCC2)CC1. The van der Waals surface area contributed by atoms with Crippen LogP contribution in [0.1, 0.15) is 49.7 Å². The number of hydrogen-bond donors (Lipinski definition) is 0. The van der Waals surface area contributed by atoms with E-state index in [1.54, 1.807) is 7.11 Å². The van der Waals surface area contributed by atoms with Crippen molar-refractivity contribution >= 4 is 0 Å². The molecule has 0 spiro atoms. The van der Waals surface area contributed by atoms with Crippen LogP contribution in [0.15, 0.2) is 24.4 Å². The van der Waals surface area contributed by atoms with E-state index in [1.807, 2.05) is 23.0 Å². The molecule has 8 nitrogen and oxygen atoms in total. The first-order valence-electron chi connectivity index (χ1n) is 10.5. The van der Waals surface area contributed by atoms with Gasteiger partial charge in [0, 0.05) is 45.5 Å². The fraction of sp³-hybridized carbons (Fsp3) is 0.700. The Hall–Kier alpha value is -1.90. The van der Waals surface area contributed by atoms with Gasteiger partial charge in [-0.1, -0.05) is 25.3 Å². The Morgan fingerprint density at radius 3 is 2.64 bits per heavy atom.